The highest BCUT2D eigenvalue weighted by atomic mass is 16.6. The summed E-state index contributed by atoms with van der Waals surface area (Å²) in [7, 11) is 0. The highest BCUT2D eigenvalue weighted by molar-refractivity contribution is 5.80. The third-order valence-corrected chi connectivity index (χ3v) is 3.47. The van der Waals surface area contributed by atoms with Crippen LogP contribution >= 0.6 is 0 Å². The number of likely N-dealkylation sites (tertiary alicyclic amines) is 1. The zero-order valence-electron chi connectivity index (χ0n) is 13.8. The Morgan fingerprint density at radius 3 is 2.30 bits per heavy atom. The maximum Gasteiger partial charge on any atom is 0.408 e. The summed E-state index contributed by atoms with van der Waals surface area (Å²) in [6.45, 7) is 5.81. The molecule has 1 aliphatic rings. The molecule has 0 spiro atoms. The van der Waals surface area contributed by atoms with Gasteiger partial charge in [-0.25, -0.2) is 9.59 Å². The Labute approximate surface area is 135 Å². The highest BCUT2D eigenvalue weighted by Crippen LogP contribution is 2.26. The van der Waals surface area contributed by atoms with E-state index in [4.69, 9.17) is 19.7 Å². The van der Waals surface area contributed by atoms with Gasteiger partial charge in [-0.05, 0) is 40.0 Å². The van der Waals surface area contributed by atoms with E-state index in [2.05, 4.69) is 0 Å². The molecule has 1 saturated heterocycles. The molecule has 0 saturated carbocycles. The lowest BCUT2D eigenvalue weighted by Crippen LogP contribution is -2.44. The number of aliphatic carboxylic acids is 1. The van der Waals surface area contributed by atoms with Crippen molar-refractivity contribution in [2.45, 2.75) is 64.1 Å². The number of carboxylic acids is 1. The van der Waals surface area contributed by atoms with Crippen LogP contribution < -0.4 is 0 Å². The van der Waals surface area contributed by atoms with Crippen molar-refractivity contribution in [3.05, 3.63) is 0 Å². The summed E-state index contributed by atoms with van der Waals surface area (Å²) in [6, 6.07) is -1.35. The van der Waals surface area contributed by atoms with E-state index in [0.717, 1.165) is 4.90 Å². The number of hydrogen-bond donors (Lipinski definition) is 2. The summed E-state index contributed by atoms with van der Waals surface area (Å²) in [4.78, 5) is 34.7. The van der Waals surface area contributed by atoms with E-state index in [1.54, 1.807) is 20.8 Å². The second-order valence-electron chi connectivity index (χ2n) is 6.51. The predicted molar refractivity (Wildman–Crippen MR) is 80.2 cm³/mol. The molecule has 0 bridgehead atoms. The fourth-order valence-electron chi connectivity index (χ4n) is 2.57. The van der Waals surface area contributed by atoms with Crippen molar-refractivity contribution in [1.82, 2.24) is 4.90 Å². The van der Waals surface area contributed by atoms with Gasteiger partial charge in [-0.3, -0.25) is 9.69 Å². The Balaban J connectivity index is 2.29. The minimum atomic E-state index is -1.23. The van der Waals surface area contributed by atoms with E-state index < -0.39 is 23.7 Å². The number of nitrogens with zero attached hydrogens (tertiary/aromatic N) is 1. The smallest absolute Gasteiger partial charge is 0.408 e. The Morgan fingerprint density at radius 1 is 1.13 bits per heavy atom. The van der Waals surface area contributed by atoms with Gasteiger partial charge in [-0.2, -0.15) is 0 Å². The maximum atomic E-state index is 11.5. The van der Waals surface area contributed by atoms with Crippen LogP contribution in [0.3, 0.4) is 0 Å². The molecule has 1 rings (SSSR count). The number of hydrogen-bond acceptors (Lipinski definition) is 5. The molecule has 0 aromatic heterocycles. The quantitative estimate of drug-likeness (QED) is 0.539. The molecular weight excluding hydrogens is 306 g/mol. The summed E-state index contributed by atoms with van der Waals surface area (Å²) >= 11 is 0. The summed E-state index contributed by atoms with van der Waals surface area (Å²) in [5.74, 6) is -1.47. The molecule has 23 heavy (non-hydrogen) atoms. The minimum Gasteiger partial charge on any atom is -0.480 e. The zero-order chi connectivity index (χ0) is 17.6. The van der Waals surface area contributed by atoms with Crippen LogP contribution in [0.25, 0.3) is 0 Å². The average molecular weight is 331 g/mol. The van der Waals surface area contributed by atoms with Crippen molar-refractivity contribution >= 4 is 18.0 Å². The van der Waals surface area contributed by atoms with Crippen LogP contribution in [0.15, 0.2) is 0 Å². The van der Waals surface area contributed by atoms with Crippen LogP contribution in [0.2, 0.25) is 0 Å². The first kappa shape index (κ1) is 19.2. The van der Waals surface area contributed by atoms with Gasteiger partial charge in [0.25, 0.3) is 0 Å². The standard InChI is InChI=1S/C15H25NO7/c1-15(2,3)23-12(17)7-9-22-8-6-10-4-5-11(13(18)19)16(10)14(20)21/h10-11H,4-9H2,1-3H3,(H,18,19)(H,20,21)/t10-,11-/m0/s1. The highest BCUT2D eigenvalue weighted by Gasteiger charge is 2.40. The number of rotatable bonds is 7. The third-order valence-electron chi connectivity index (χ3n) is 3.47. The molecule has 1 aliphatic heterocycles. The normalized spacial score (nSPS) is 21.3. The van der Waals surface area contributed by atoms with E-state index in [-0.39, 0.29) is 31.6 Å². The molecule has 8 heteroatoms. The van der Waals surface area contributed by atoms with Crippen LogP contribution in [0.1, 0.15) is 46.5 Å². The SMILES string of the molecule is CC(C)(C)OC(=O)CCOCC[C@@H]1CC[C@@H](C(=O)O)N1C(=O)O. The molecule has 1 heterocycles. The first-order valence-electron chi connectivity index (χ1n) is 7.65. The molecule has 2 N–H and O–H groups in total. The van der Waals surface area contributed by atoms with Crippen molar-refractivity contribution in [3.63, 3.8) is 0 Å². The van der Waals surface area contributed by atoms with Gasteiger partial charge in [0.2, 0.25) is 0 Å². The average Bonchev–Trinajstić information content (AvgIpc) is 2.80. The first-order chi connectivity index (χ1) is 10.6. The maximum absolute atomic E-state index is 11.5. The van der Waals surface area contributed by atoms with Gasteiger partial charge in [-0.15, -0.1) is 0 Å². The van der Waals surface area contributed by atoms with Crippen molar-refractivity contribution < 1.29 is 34.1 Å². The van der Waals surface area contributed by atoms with Crippen LogP contribution in [0.4, 0.5) is 4.79 Å². The lowest BCUT2D eigenvalue weighted by Gasteiger charge is -2.25. The first-order valence-corrected chi connectivity index (χ1v) is 7.65. The lowest BCUT2D eigenvalue weighted by molar-refractivity contribution is -0.156. The summed E-state index contributed by atoms with van der Waals surface area (Å²) in [5, 5.41) is 18.2. The van der Waals surface area contributed by atoms with Crippen LogP contribution in [-0.4, -0.2) is 64.0 Å². The van der Waals surface area contributed by atoms with Crippen LogP contribution in [-0.2, 0) is 19.1 Å². The molecule has 0 aromatic rings. The minimum absolute atomic E-state index is 0.127. The van der Waals surface area contributed by atoms with Gasteiger partial charge in [-0.1, -0.05) is 0 Å². The largest absolute Gasteiger partial charge is 0.480 e. The Morgan fingerprint density at radius 2 is 1.78 bits per heavy atom. The molecular formula is C15H25NO7. The van der Waals surface area contributed by atoms with Gasteiger partial charge < -0.3 is 19.7 Å². The van der Waals surface area contributed by atoms with E-state index in [9.17, 15) is 14.4 Å². The molecule has 0 aromatic carbocycles. The Bertz CT molecular complexity index is 444. The number of carbonyl (C=O) groups excluding carboxylic acids is 1. The van der Waals surface area contributed by atoms with E-state index >= 15 is 0 Å². The van der Waals surface area contributed by atoms with Crippen molar-refractivity contribution in [2.24, 2.45) is 0 Å². The zero-order valence-corrected chi connectivity index (χ0v) is 13.8. The second kappa shape index (κ2) is 8.14. The Hall–Kier alpha value is -1.83. The number of carbonyl (C=O) groups is 3. The summed E-state index contributed by atoms with van der Waals surface area (Å²) in [6.07, 6.45) is 0.115. The number of amides is 1. The van der Waals surface area contributed by atoms with Gasteiger partial charge >= 0.3 is 18.0 Å². The summed E-state index contributed by atoms with van der Waals surface area (Å²) in [5.41, 5.74) is -0.533. The predicted octanol–water partition coefficient (Wildman–Crippen LogP) is 1.72. The number of esters is 1. The fourth-order valence-corrected chi connectivity index (χ4v) is 2.57. The number of carboxylic acid groups (broad SMARTS) is 2. The van der Waals surface area contributed by atoms with Gasteiger partial charge in [0, 0.05) is 12.6 Å². The van der Waals surface area contributed by atoms with Gasteiger partial charge in [0.1, 0.15) is 11.6 Å². The molecule has 0 radical (unpaired) electrons. The van der Waals surface area contributed by atoms with Crippen molar-refractivity contribution in [2.75, 3.05) is 13.2 Å². The molecule has 0 aliphatic carbocycles. The molecule has 8 nitrogen and oxygen atoms in total. The molecule has 0 unspecified atom stereocenters. The van der Waals surface area contributed by atoms with E-state index in [0.29, 0.717) is 19.3 Å². The monoisotopic (exact) mass is 331 g/mol. The number of ether oxygens (including phenoxy) is 2. The molecule has 2 atom stereocenters. The summed E-state index contributed by atoms with van der Waals surface area (Å²) < 4.78 is 10.5. The van der Waals surface area contributed by atoms with Crippen molar-refractivity contribution in [3.8, 4) is 0 Å². The van der Waals surface area contributed by atoms with Crippen molar-refractivity contribution in [1.29, 1.82) is 0 Å². The topological polar surface area (TPSA) is 113 Å². The van der Waals surface area contributed by atoms with Gasteiger partial charge in [0.05, 0.1) is 13.0 Å². The molecule has 132 valence electrons. The Kier molecular flexibility index (Phi) is 6.80. The van der Waals surface area contributed by atoms with Crippen LogP contribution in [0, 0.1) is 0 Å². The van der Waals surface area contributed by atoms with E-state index in [1.165, 1.54) is 0 Å². The molecule has 1 amide bonds. The van der Waals surface area contributed by atoms with Gasteiger partial charge in [0.15, 0.2) is 0 Å². The third kappa shape index (κ3) is 6.43. The lowest BCUT2D eigenvalue weighted by atomic mass is 10.1. The molecule has 1 fully saturated rings. The second-order valence-corrected chi connectivity index (χ2v) is 6.51. The van der Waals surface area contributed by atoms with Crippen LogP contribution in [0.5, 0.6) is 0 Å². The fraction of sp³-hybridized carbons (Fsp3) is 0.800. The van der Waals surface area contributed by atoms with E-state index in [1.807, 2.05) is 0 Å².